The van der Waals surface area contributed by atoms with E-state index < -0.39 is 27.0 Å². The molecule has 0 amide bonds. The van der Waals surface area contributed by atoms with Gasteiger partial charge in [-0.15, -0.1) is 0 Å². The van der Waals surface area contributed by atoms with Gasteiger partial charge in [0.15, 0.2) is 5.75 Å². The molecular weight excluding hydrogens is 523 g/mol. The minimum Gasteiger partial charge on any atom is -0.507 e. The van der Waals surface area contributed by atoms with Crippen molar-refractivity contribution in [3.05, 3.63) is 66.9 Å². The third kappa shape index (κ3) is 5.21. The molecule has 3 aromatic rings. The van der Waals surface area contributed by atoms with Gasteiger partial charge in [-0.3, -0.25) is 9.78 Å². The molecule has 35 heavy (non-hydrogen) atoms. The van der Waals surface area contributed by atoms with Gasteiger partial charge in [0.1, 0.15) is 22.1 Å². The van der Waals surface area contributed by atoms with Gasteiger partial charge in [-0.2, -0.15) is 9.78 Å². The molecule has 3 N–H and O–H groups in total. The average Bonchev–Trinajstić information content (AvgIpc) is 2.76. The van der Waals surface area contributed by atoms with Crippen LogP contribution in [0.1, 0.15) is 18.5 Å². The molecule has 186 valence electrons. The van der Waals surface area contributed by atoms with Crippen molar-refractivity contribution in [2.45, 2.75) is 36.8 Å². The summed E-state index contributed by atoms with van der Waals surface area (Å²) in [6, 6.07) is 6.04. The van der Waals surface area contributed by atoms with Crippen LogP contribution < -0.4 is 20.7 Å². The fourth-order valence-corrected chi connectivity index (χ4v) is 5.38. The normalized spacial score (nSPS) is 17.7. The molecule has 0 unspecified atom stereocenters. The molecule has 1 saturated carbocycles. The summed E-state index contributed by atoms with van der Waals surface area (Å²) < 4.78 is 39.9. The summed E-state index contributed by atoms with van der Waals surface area (Å²) in [5.74, 6) is -0.438. The molecule has 14 heteroatoms. The van der Waals surface area contributed by atoms with Crippen LogP contribution in [0.5, 0.6) is 17.2 Å². The van der Waals surface area contributed by atoms with Crippen LogP contribution in [0.25, 0.3) is 5.69 Å². The summed E-state index contributed by atoms with van der Waals surface area (Å²) in [7, 11) is -2.49. The van der Waals surface area contributed by atoms with Crippen molar-refractivity contribution in [1.29, 1.82) is 0 Å². The summed E-state index contributed by atoms with van der Waals surface area (Å²) in [6.45, 7) is 1.43. The van der Waals surface area contributed by atoms with Crippen molar-refractivity contribution < 1.29 is 23.0 Å². The minimum atomic E-state index is -4.05. The van der Waals surface area contributed by atoms with Crippen molar-refractivity contribution in [2.24, 2.45) is 0 Å². The lowest BCUT2D eigenvalue weighted by Crippen LogP contribution is -2.47. The average molecular weight is 543 g/mol. The van der Waals surface area contributed by atoms with Crippen LogP contribution in [0.15, 0.2) is 44.8 Å². The molecule has 2 aromatic carbocycles. The Bertz CT molecular complexity index is 1490. The fourth-order valence-electron chi connectivity index (χ4n) is 3.45. The molecule has 1 aliphatic carbocycles. The molecule has 11 nitrogen and oxygen atoms in total. The highest BCUT2D eigenvalue weighted by atomic mass is 35.5. The van der Waals surface area contributed by atoms with Gasteiger partial charge in [0, 0.05) is 19.2 Å². The largest absolute Gasteiger partial charge is 0.507 e. The van der Waals surface area contributed by atoms with E-state index in [1.807, 2.05) is 0 Å². The third-order valence-corrected chi connectivity index (χ3v) is 7.52. The molecule has 0 atom stereocenters. The second-order valence-corrected chi connectivity index (χ2v) is 10.4. The lowest BCUT2D eigenvalue weighted by Gasteiger charge is -2.34. The van der Waals surface area contributed by atoms with Crippen LogP contribution in [0, 0.1) is 6.92 Å². The van der Waals surface area contributed by atoms with E-state index in [1.54, 1.807) is 7.11 Å². The van der Waals surface area contributed by atoms with Gasteiger partial charge >= 0.3 is 5.69 Å². The number of sulfonamides is 1. The fraction of sp³-hybridized carbons (Fsp3) is 0.286. The molecule has 1 aromatic heterocycles. The first kappa shape index (κ1) is 25.2. The van der Waals surface area contributed by atoms with E-state index in [2.05, 4.69) is 14.8 Å². The quantitative estimate of drug-likeness (QED) is 0.411. The van der Waals surface area contributed by atoms with Crippen molar-refractivity contribution >= 4 is 33.2 Å². The SMILES string of the molecule is CO[C@H]1C[C@@H](NS(=O)(=O)c2cc(Oc3c(Cl)cc(-n4nc(C)c(=O)[nH]c4=O)cc3Cl)ccc2O)C1. The van der Waals surface area contributed by atoms with Gasteiger partial charge in [-0.05, 0) is 44.0 Å². The van der Waals surface area contributed by atoms with Crippen molar-refractivity contribution in [3.8, 4) is 22.9 Å². The molecule has 1 aliphatic rings. The number of aryl methyl sites for hydroxylation is 1. The number of nitrogens with zero attached hydrogens (tertiary/aromatic N) is 2. The zero-order valence-electron chi connectivity index (χ0n) is 18.4. The Morgan fingerprint density at radius 3 is 2.46 bits per heavy atom. The van der Waals surface area contributed by atoms with E-state index in [-0.39, 0.29) is 50.0 Å². The van der Waals surface area contributed by atoms with E-state index in [0.29, 0.717) is 12.8 Å². The van der Waals surface area contributed by atoms with Gasteiger partial charge in [0.2, 0.25) is 10.0 Å². The first-order valence-corrected chi connectivity index (χ1v) is 12.5. The van der Waals surface area contributed by atoms with Crippen molar-refractivity contribution in [2.75, 3.05) is 7.11 Å². The van der Waals surface area contributed by atoms with Crippen molar-refractivity contribution in [1.82, 2.24) is 19.5 Å². The number of aromatic nitrogens is 3. The number of rotatable bonds is 7. The summed E-state index contributed by atoms with van der Waals surface area (Å²) in [4.78, 5) is 25.5. The minimum absolute atomic E-state index is 0.00988. The van der Waals surface area contributed by atoms with Crippen LogP contribution in [-0.2, 0) is 14.8 Å². The van der Waals surface area contributed by atoms with Crippen LogP contribution >= 0.6 is 23.2 Å². The number of aromatic hydroxyl groups is 1. The number of phenols is 1. The molecule has 0 spiro atoms. The Kier molecular flexibility index (Phi) is 6.93. The Morgan fingerprint density at radius 1 is 1.17 bits per heavy atom. The lowest BCUT2D eigenvalue weighted by molar-refractivity contribution is 0.0236. The number of hydrogen-bond donors (Lipinski definition) is 3. The number of hydrogen-bond acceptors (Lipinski definition) is 8. The van der Waals surface area contributed by atoms with E-state index in [4.69, 9.17) is 32.7 Å². The lowest BCUT2D eigenvalue weighted by atomic mass is 9.90. The van der Waals surface area contributed by atoms with Gasteiger partial charge in [0.05, 0.1) is 21.8 Å². The third-order valence-electron chi connectivity index (χ3n) is 5.41. The second kappa shape index (κ2) is 9.63. The number of halogens is 2. The monoisotopic (exact) mass is 542 g/mol. The zero-order valence-corrected chi connectivity index (χ0v) is 20.7. The predicted octanol–water partition coefficient (Wildman–Crippen LogP) is 2.49. The van der Waals surface area contributed by atoms with Crippen molar-refractivity contribution in [3.63, 3.8) is 0 Å². The summed E-state index contributed by atoms with van der Waals surface area (Å²) in [5, 5.41) is 14.1. The number of ether oxygens (including phenoxy) is 2. The van der Waals surface area contributed by atoms with Crippen LogP contribution in [0.2, 0.25) is 10.0 Å². The smallest absolute Gasteiger partial charge is 0.349 e. The Morgan fingerprint density at radius 2 is 1.83 bits per heavy atom. The van der Waals surface area contributed by atoms with Gasteiger partial charge < -0.3 is 14.6 Å². The summed E-state index contributed by atoms with van der Waals surface area (Å²) >= 11 is 12.7. The molecule has 0 radical (unpaired) electrons. The second-order valence-electron chi connectivity index (χ2n) is 7.87. The highest BCUT2D eigenvalue weighted by Gasteiger charge is 2.33. The molecular formula is C21H20Cl2N4O7S. The number of H-pyrrole nitrogens is 1. The van der Waals surface area contributed by atoms with E-state index in [0.717, 1.165) is 10.7 Å². The summed E-state index contributed by atoms with van der Waals surface area (Å²) in [6.07, 6.45) is 1.04. The molecule has 1 fully saturated rings. The number of benzene rings is 2. The molecule has 0 aliphatic heterocycles. The van der Waals surface area contributed by atoms with E-state index in [1.165, 1.54) is 31.2 Å². The number of nitrogens with one attached hydrogen (secondary N) is 2. The van der Waals surface area contributed by atoms with E-state index in [9.17, 15) is 23.1 Å². The number of phenolic OH excluding ortho intramolecular Hbond substituents is 1. The highest BCUT2D eigenvalue weighted by Crippen LogP contribution is 2.39. The number of aromatic amines is 1. The topological polar surface area (TPSA) is 153 Å². The molecule has 0 saturated heterocycles. The Hall–Kier alpha value is -2.90. The molecule has 4 rings (SSSR count). The first-order chi connectivity index (χ1) is 16.5. The summed E-state index contributed by atoms with van der Waals surface area (Å²) in [5.41, 5.74) is -1.18. The van der Waals surface area contributed by atoms with Crippen LogP contribution in [0.3, 0.4) is 0 Å². The van der Waals surface area contributed by atoms with Gasteiger partial charge in [-0.1, -0.05) is 23.2 Å². The predicted molar refractivity (Wildman–Crippen MR) is 128 cm³/mol. The van der Waals surface area contributed by atoms with E-state index >= 15 is 0 Å². The zero-order chi connectivity index (χ0) is 25.5. The first-order valence-electron chi connectivity index (χ1n) is 10.2. The number of methoxy groups -OCH3 is 1. The standard InChI is InChI=1S/C21H20Cl2N4O7S/c1-10-20(29)24-21(30)27(25-10)12-7-15(22)19(16(23)8-12)34-13-3-4-17(28)18(9-13)35(31,32)26-11-5-14(6-11)33-2/h3-4,7-9,11,14,26,28H,5-6H2,1-2H3,(H,24,29,30)/t11-,14+. The molecule has 1 heterocycles. The molecule has 0 bridgehead atoms. The maximum absolute atomic E-state index is 12.8. The maximum atomic E-state index is 12.8. The maximum Gasteiger partial charge on any atom is 0.349 e. The van der Waals surface area contributed by atoms with Gasteiger partial charge in [-0.25, -0.2) is 17.9 Å². The van der Waals surface area contributed by atoms with Gasteiger partial charge in [0.25, 0.3) is 5.56 Å². The Labute approximate surface area is 209 Å². The Balaban J connectivity index is 1.62. The van der Waals surface area contributed by atoms with Crippen LogP contribution in [-0.4, -0.2) is 47.5 Å². The van der Waals surface area contributed by atoms with Crippen LogP contribution in [0.4, 0.5) is 0 Å². The highest BCUT2D eigenvalue weighted by molar-refractivity contribution is 7.89.